The van der Waals surface area contributed by atoms with Gasteiger partial charge in [-0.2, -0.15) is 0 Å². The van der Waals surface area contributed by atoms with Crippen LogP contribution in [0.1, 0.15) is 28.5 Å². The molecule has 0 radical (unpaired) electrons. The molecule has 3 rings (SSSR count). The third-order valence-corrected chi connectivity index (χ3v) is 3.40. The summed E-state index contributed by atoms with van der Waals surface area (Å²) in [6, 6.07) is 10.9. The van der Waals surface area contributed by atoms with Gasteiger partial charge in [0.15, 0.2) is 0 Å². The summed E-state index contributed by atoms with van der Waals surface area (Å²) in [7, 11) is 0. The zero-order valence-electron chi connectivity index (χ0n) is 13.2. The number of esters is 1. The topological polar surface area (TPSA) is 52.8 Å². The average molecular weight is 310 g/mol. The predicted molar refractivity (Wildman–Crippen MR) is 86.7 cm³/mol. The van der Waals surface area contributed by atoms with E-state index in [1.165, 1.54) is 5.56 Å². The van der Waals surface area contributed by atoms with Crippen molar-refractivity contribution in [1.29, 1.82) is 0 Å². The number of fused-ring (bicyclic) bond motifs is 1. The Morgan fingerprint density at radius 2 is 1.91 bits per heavy atom. The average Bonchev–Trinajstić information content (AvgIpc) is 2.95. The van der Waals surface area contributed by atoms with E-state index in [2.05, 4.69) is 4.98 Å². The lowest BCUT2D eigenvalue weighted by Crippen LogP contribution is -2.04. The Bertz CT molecular complexity index is 822. The van der Waals surface area contributed by atoms with E-state index in [9.17, 15) is 4.79 Å². The number of imidazole rings is 1. The van der Waals surface area contributed by atoms with E-state index in [0.717, 1.165) is 11.3 Å². The molecule has 0 aliphatic carbocycles. The van der Waals surface area contributed by atoms with Crippen LogP contribution in [0.2, 0.25) is 0 Å². The number of hydrogen-bond donors (Lipinski definition) is 0. The van der Waals surface area contributed by atoms with Gasteiger partial charge in [0, 0.05) is 12.4 Å². The first kappa shape index (κ1) is 15.1. The molecule has 3 aromatic rings. The highest BCUT2D eigenvalue weighted by Crippen LogP contribution is 2.15. The minimum atomic E-state index is -0.324. The molecule has 2 heterocycles. The Hall–Kier alpha value is -2.82. The maximum atomic E-state index is 11.6. The second-order valence-electron chi connectivity index (χ2n) is 5.24. The molecule has 0 aliphatic rings. The molecule has 118 valence electrons. The fourth-order valence-electron chi connectivity index (χ4n) is 2.28. The Labute approximate surface area is 134 Å². The zero-order valence-corrected chi connectivity index (χ0v) is 13.2. The van der Waals surface area contributed by atoms with Gasteiger partial charge in [-0.25, -0.2) is 9.78 Å². The highest BCUT2D eigenvalue weighted by Gasteiger charge is 2.07. The Balaban J connectivity index is 1.66. The number of ether oxygens (including phenoxy) is 2. The fraction of sp³-hybridized carbons (Fsp3) is 0.222. The minimum absolute atomic E-state index is 0.324. The zero-order chi connectivity index (χ0) is 16.2. The molecule has 0 saturated heterocycles. The van der Waals surface area contributed by atoms with Gasteiger partial charge in [0.2, 0.25) is 0 Å². The summed E-state index contributed by atoms with van der Waals surface area (Å²) in [5.74, 6) is 0.362. The normalized spacial score (nSPS) is 10.7. The monoisotopic (exact) mass is 310 g/mol. The second-order valence-corrected chi connectivity index (χ2v) is 5.24. The Morgan fingerprint density at radius 1 is 1.13 bits per heavy atom. The van der Waals surface area contributed by atoms with Crippen LogP contribution in [0.3, 0.4) is 0 Å². The van der Waals surface area contributed by atoms with E-state index < -0.39 is 0 Å². The molecule has 5 heteroatoms. The first-order valence-electron chi connectivity index (χ1n) is 7.50. The van der Waals surface area contributed by atoms with E-state index in [1.807, 2.05) is 35.9 Å². The highest BCUT2D eigenvalue weighted by atomic mass is 16.5. The summed E-state index contributed by atoms with van der Waals surface area (Å²) < 4.78 is 12.7. The van der Waals surface area contributed by atoms with Crippen molar-refractivity contribution in [3.8, 4) is 5.75 Å². The van der Waals surface area contributed by atoms with Gasteiger partial charge >= 0.3 is 5.97 Å². The smallest absolute Gasteiger partial charge is 0.338 e. The van der Waals surface area contributed by atoms with Crippen LogP contribution in [-0.4, -0.2) is 22.0 Å². The number of aryl methyl sites for hydroxylation is 1. The molecule has 1 aromatic carbocycles. The van der Waals surface area contributed by atoms with Crippen molar-refractivity contribution < 1.29 is 14.3 Å². The van der Waals surface area contributed by atoms with Crippen molar-refractivity contribution in [2.45, 2.75) is 20.5 Å². The minimum Gasteiger partial charge on any atom is -0.487 e. The van der Waals surface area contributed by atoms with Gasteiger partial charge in [-0.1, -0.05) is 6.07 Å². The summed E-state index contributed by atoms with van der Waals surface area (Å²) in [6.45, 7) is 4.57. The summed E-state index contributed by atoms with van der Waals surface area (Å²) in [6.07, 6.45) is 3.98. The molecule has 2 aromatic heterocycles. The third-order valence-electron chi connectivity index (χ3n) is 3.40. The van der Waals surface area contributed by atoms with Gasteiger partial charge in [0.05, 0.1) is 17.9 Å². The van der Waals surface area contributed by atoms with Crippen LogP contribution in [-0.2, 0) is 11.3 Å². The molecule has 5 nitrogen and oxygen atoms in total. The van der Waals surface area contributed by atoms with Crippen molar-refractivity contribution in [3.05, 3.63) is 65.6 Å². The first-order chi connectivity index (χ1) is 11.2. The van der Waals surface area contributed by atoms with Gasteiger partial charge < -0.3 is 13.9 Å². The van der Waals surface area contributed by atoms with Gasteiger partial charge in [0.1, 0.15) is 18.0 Å². The number of carbonyl (C=O) groups is 1. The lowest BCUT2D eigenvalue weighted by molar-refractivity contribution is 0.0526. The lowest BCUT2D eigenvalue weighted by atomic mass is 10.2. The van der Waals surface area contributed by atoms with E-state index in [0.29, 0.717) is 24.5 Å². The number of hydrogen-bond acceptors (Lipinski definition) is 4. The maximum absolute atomic E-state index is 11.6. The summed E-state index contributed by atoms with van der Waals surface area (Å²) in [4.78, 5) is 16.1. The quantitative estimate of drug-likeness (QED) is 0.678. The van der Waals surface area contributed by atoms with Crippen molar-refractivity contribution >= 4 is 11.6 Å². The van der Waals surface area contributed by atoms with Gasteiger partial charge in [-0.15, -0.1) is 0 Å². The van der Waals surface area contributed by atoms with E-state index in [4.69, 9.17) is 9.47 Å². The molecule has 0 fully saturated rings. The van der Waals surface area contributed by atoms with E-state index >= 15 is 0 Å². The largest absolute Gasteiger partial charge is 0.487 e. The maximum Gasteiger partial charge on any atom is 0.338 e. The molecule has 0 saturated carbocycles. The molecular weight excluding hydrogens is 292 g/mol. The molecule has 0 spiro atoms. The van der Waals surface area contributed by atoms with Crippen LogP contribution in [0.5, 0.6) is 5.75 Å². The van der Waals surface area contributed by atoms with Gasteiger partial charge in [-0.3, -0.25) is 0 Å². The Kier molecular flexibility index (Phi) is 4.28. The van der Waals surface area contributed by atoms with Crippen molar-refractivity contribution in [1.82, 2.24) is 9.38 Å². The molecule has 23 heavy (non-hydrogen) atoms. The van der Waals surface area contributed by atoms with Crippen LogP contribution >= 0.6 is 0 Å². The standard InChI is InChI=1S/C18H18N2O3/c1-3-22-18(21)14-5-7-16(8-6-14)23-12-15-11-20-10-13(2)4-9-17(20)19-15/h4-11H,3,12H2,1-2H3. The number of aromatic nitrogens is 2. The third kappa shape index (κ3) is 3.51. The molecule has 0 atom stereocenters. The molecule has 0 N–H and O–H groups in total. The fourth-order valence-corrected chi connectivity index (χ4v) is 2.28. The van der Waals surface area contributed by atoms with Gasteiger partial charge in [-0.05, 0) is 49.7 Å². The SMILES string of the molecule is CCOC(=O)c1ccc(OCc2cn3cc(C)ccc3n2)cc1. The van der Waals surface area contributed by atoms with Crippen molar-refractivity contribution in [2.24, 2.45) is 0 Å². The lowest BCUT2D eigenvalue weighted by Gasteiger charge is -2.05. The molecule has 0 amide bonds. The van der Waals surface area contributed by atoms with Crippen LogP contribution in [0, 0.1) is 6.92 Å². The van der Waals surface area contributed by atoms with Crippen LogP contribution in [0.25, 0.3) is 5.65 Å². The van der Waals surface area contributed by atoms with Crippen LogP contribution < -0.4 is 4.74 Å². The van der Waals surface area contributed by atoms with Crippen molar-refractivity contribution in [3.63, 3.8) is 0 Å². The molecule has 0 bridgehead atoms. The summed E-state index contributed by atoms with van der Waals surface area (Å²) >= 11 is 0. The van der Waals surface area contributed by atoms with Crippen LogP contribution in [0.15, 0.2) is 48.8 Å². The predicted octanol–water partition coefficient (Wildman–Crippen LogP) is 3.40. The second kappa shape index (κ2) is 6.52. The molecular formula is C18H18N2O3. The molecule has 0 aliphatic heterocycles. The van der Waals surface area contributed by atoms with Crippen molar-refractivity contribution in [2.75, 3.05) is 6.61 Å². The Morgan fingerprint density at radius 3 is 2.65 bits per heavy atom. The van der Waals surface area contributed by atoms with E-state index in [1.54, 1.807) is 31.2 Å². The summed E-state index contributed by atoms with van der Waals surface area (Å²) in [5, 5.41) is 0. The van der Waals surface area contributed by atoms with E-state index in [-0.39, 0.29) is 5.97 Å². The van der Waals surface area contributed by atoms with Gasteiger partial charge in [0.25, 0.3) is 0 Å². The molecule has 0 unspecified atom stereocenters. The highest BCUT2D eigenvalue weighted by molar-refractivity contribution is 5.89. The summed E-state index contributed by atoms with van der Waals surface area (Å²) in [5.41, 5.74) is 3.44. The number of benzene rings is 1. The number of carbonyl (C=O) groups excluding carboxylic acids is 1. The number of pyridine rings is 1. The first-order valence-corrected chi connectivity index (χ1v) is 7.50. The number of rotatable bonds is 5. The number of nitrogens with zero attached hydrogens (tertiary/aromatic N) is 2. The van der Waals surface area contributed by atoms with Crippen LogP contribution in [0.4, 0.5) is 0 Å².